The average Bonchev–Trinajstić information content (AvgIpc) is 3.10. The molecule has 1 heterocycles. The zero-order valence-corrected chi connectivity index (χ0v) is 12.9. The molecule has 112 valence electrons. The molecule has 0 N–H and O–H groups in total. The van der Waals surface area contributed by atoms with Crippen molar-refractivity contribution < 1.29 is 8.42 Å². The van der Waals surface area contributed by atoms with Gasteiger partial charge in [0.1, 0.15) is 11.0 Å². The Morgan fingerprint density at radius 2 is 1.77 bits per heavy atom. The Morgan fingerprint density at radius 3 is 2.41 bits per heavy atom. The molecule has 22 heavy (non-hydrogen) atoms. The summed E-state index contributed by atoms with van der Waals surface area (Å²) >= 11 is 0. The van der Waals surface area contributed by atoms with E-state index in [1.165, 1.54) is 0 Å². The molecular formula is C17H16N2O2S. The summed E-state index contributed by atoms with van der Waals surface area (Å²) in [5, 5.41) is 8.83. The van der Waals surface area contributed by atoms with Crippen LogP contribution in [0.2, 0.25) is 0 Å². The second-order valence-corrected chi connectivity index (χ2v) is 7.70. The van der Waals surface area contributed by atoms with Crippen molar-refractivity contribution in [2.45, 2.75) is 35.8 Å². The third-order valence-electron chi connectivity index (χ3n) is 4.11. The standard InChI is InChI=1S/C17H16N2O2S/c18-11-16-17(22(20,21)15-8-4-5-9-15)10-14(12-19-16)13-6-2-1-3-7-13/h1-3,6-7,10,12,15H,4-5,8-9H2. The van der Waals surface area contributed by atoms with Crippen molar-refractivity contribution in [1.82, 2.24) is 4.98 Å². The first-order valence-corrected chi connectivity index (χ1v) is 8.87. The van der Waals surface area contributed by atoms with Gasteiger partial charge in [0, 0.05) is 11.8 Å². The van der Waals surface area contributed by atoms with Crippen LogP contribution in [0, 0.1) is 11.3 Å². The Kier molecular flexibility index (Phi) is 3.95. The summed E-state index contributed by atoms with van der Waals surface area (Å²) in [5.74, 6) is 0. The number of sulfone groups is 1. The smallest absolute Gasteiger partial charge is 0.184 e. The van der Waals surface area contributed by atoms with Crippen molar-refractivity contribution in [2.75, 3.05) is 0 Å². The number of hydrogen-bond donors (Lipinski definition) is 0. The fourth-order valence-corrected chi connectivity index (χ4v) is 4.88. The summed E-state index contributed by atoms with van der Waals surface area (Å²) in [6, 6.07) is 13.0. The SMILES string of the molecule is N#Cc1ncc(-c2ccccc2)cc1S(=O)(=O)C1CCCC1. The fraction of sp³-hybridized carbons (Fsp3) is 0.294. The van der Waals surface area contributed by atoms with E-state index in [2.05, 4.69) is 4.98 Å². The van der Waals surface area contributed by atoms with Crippen molar-refractivity contribution in [1.29, 1.82) is 5.26 Å². The molecule has 1 aromatic carbocycles. The number of nitriles is 1. The normalized spacial score (nSPS) is 15.6. The van der Waals surface area contributed by atoms with Crippen LogP contribution in [0.3, 0.4) is 0 Å². The summed E-state index contributed by atoms with van der Waals surface area (Å²) in [6.45, 7) is 0. The molecular weight excluding hydrogens is 296 g/mol. The zero-order chi connectivity index (χ0) is 15.6. The molecule has 2 aromatic rings. The van der Waals surface area contributed by atoms with Gasteiger partial charge in [0.25, 0.3) is 0 Å². The van der Waals surface area contributed by atoms with E-state index in [0.29, 0.717) is 12.8 Å². The minimum absolute atomic E-state index is 0.00780. The lowest BCUT2D eigenvalue weighted by Gasteiger charge is -2.13. The van der Waals surface area contributed by atoms with E-state index in [1.807, 2.05) is 36.4 Å². The number of rotatable bonds is 3. The van der Waals surface area contributed by atoms with Gasteiger partial charge in [-0.15, -0.1) is 0 Å². The van der Waals surface area contributed by atoms with E-state index in [1.54, 1.807) is 12.3 Å². The van der Waals surface area contributed by atoms with Gasteiger partial charge >= 0.3 is 0 Å². The van der Waals surface area contributed by atoms with E-state index in [-0.39, 0.29) is 15.8 Å². The van der Waals surface area contributed by atoms with Gasteiger partial charge in [0.05, 0.1) is 5.25 Å². The first-order valence-electron chi connectivity index (χ1n) is 7.32. The molecule has 4 nitrogen and oxygen atoms in total. The van der Waals surface area contributed by atoms with Crippen LogP contribution in [0.4, 0.5) is 0 Å². The van der Waals surface area contributed by atoms with Crippen molar-refractivity contribution >= 4 is 9.84 Å². The van der Waals surface area contributed by atoms with Crippen LogP contribution in [-0.4, -0.2) is 18.7 Å². The molecule has 0 atom stereocenters. The van der Waals surface area contributed by atoms with Gasteiger partial charge in [-0.05, 0) is 24.5 Å². The predicted octanol–water partition coefficient (Wildman–Crippen LogP) is 3.34. The van der Waals surface area contributed by atoms with Gasteiger partial charge in [-0.3, -0.25) is 0 Å². The van der Waals surface area contributed by atoms with Gasteiger partial charge in [0.2, 0.25) is 0 Å². The highest BCUT2D eigenvalue weighted by Crippen LogP contribution is 2.32. The number of aromatic nitrogens is 1. The Hall–Kier alpha value is -2.19. The van der Waals surface area contributed by atoms with Crippen LogP contribution in [-0.2, 0) is 9.84 Å². The van der Waals surface area contributed by atoms with E-state index < -0.39 is 9.84 Å². The molecule has 3 rings (SSSR count). The first kappa shape index (κ1) is 14.7. The van der Waals surface area contributed by atoms with Crippen LogP contribution < -0.4 is 0 Å². The average molecular weight is 312 g/mol. The van der Waals surface area contributed by atoms with Crippen molar-refractivity contribution in [3.05, 3.63) is 48.3 Å². The second kappa shape index (κ2) is 5.90. The number of hydrogen-bond acceptors (Lipinski definition) is 4. The number of pyridine rings is 1. The number of benzene rings is 1. The van der Waals surface area contributed by atoms with Crippen LogP contribution in [0.1, 0.15) is 31.4 Å². The topological polar surface area (TPSA) is 70.8 Å². The molecule has 0 spiro atoms. The molecule has 0 bridgehead atoms. The predicted molar refractivity (Wildman–Crippen MR) is 83.8 cm³/mol. The molecule has 1 aromatic heterocycles. The molecule has 0 amide bonds. The minimum atomic E-state index is -3.50. The summed E-state index contributed by atoms with van der Waals surface area (Å²) in [4.78, 5) is 4.14. The van der Waals surface area contributed by atoms with Crippen LogP contribution in [0.15, 0.2) is 47.5 Å². The van der Waals surface area contributed by atoms with Gasteiger partial charge in [-0.25, -0.2) is 13.4 Å². The molecule has 1 aliphatic carbocycles. The summed E-state index contributed by atoms with van der Waals surface area (Å²) in [7, 11) is -3.50. The Balaban J connectivity index is 2.12. The van der Waals surface area contributed by atoms with Crippen molar-refractivity contribution in [2.24, 2.45) is 0 Å². The van der Waals surface area contributed by atoms with E-state index in [0.717, 1.165) is 24.0 Å². The van der Waals surface area contributed by atoms with Gasteiger partial charge in [-0.2, -0.15) is 5.26 Å². The maximum atomic E-state index is 12.8. The third-order valence-corrected chi connectivity index (χ3v) is 6.39. The van der Waals surface area contributed by atoms with Crippen LogP contribution in [0.5, 0.6) is 0 Å². The second-order valence-electron chi connectivity index (χ2n) is 5.50. The zero-order valence-electron chi connectivity index (χ0n) is 12.1. The van der Waals surface area contributed by atoms with Crippen LogP contribution >= 0.6 is 0 Å². The monoisotopic (exact) mass is 312 g/mol. The molecule has 0 radical (unpaired) electrons. The van der Waals surface area contributed by atoms with Crippen molar-refractivity contribution in [3.63, 3.8) is 0 Å². The Morgan fingerprint density at radius 1 is 1.09 bits per heavy atom. The highest BCUT2D eigenvalue weighted by atomic mass is 32.2. The van der Waals surface area contributed by atoms with Gasteiger partial charge in [0.15, 0.2) is 15.5 Å². The molecule has 0 saturated heterocycles. The molecule has 1 fully saturated rings. The molecule has 5 heteroatoms. The third kappa shape index (κ3) is 2.62. The molecule has 0 aliphatic heterocycles. The molecule has 1 aliphatic rings. The largest absolute Gasteiger partial charge is 0.244 e. The van der Waals surface area contributed by atoms with Crippen molar-refractivity contribution in [3.8, 4) is 17.2 Å². The first-order chi connectivity index (χ1) is 10.6. The van der Waals surface area contributed by atoms with E-state index >= 15 is 0 Å². The maximum absolute atomic E-state index is 12.8. The molecule has 1 saturated carbocycles. The lowest BCUT2D eigenvalue weighted by atomic mass is 10.1. The summed E-state index contributed by atoms with van der Waals surface area (Å²) < 4.78 is 25.6. The maximum Gasteiger partial charge on any atom is 0.184 e. The lowest BCUT2D eigenvalue weighted by molar-refractivity contribution is 0.579. The van der Waals surface area contributed by atoms with Gasteiger partial charge < -0.3 is 0 Å². The minimum Gasteiger partial charge on any atom is -0.244 e. The lowest BCUT2D eigenvalue weighted by Crippen LogP contribution is -2.19. The summed E-state index contributed by atoms with van der Waals surface area (Å²) in [5.41, 5.74) is 1.60. The highest BCUT2D eigenvalue weighted by molar-refractivity contribution is 7.92. The van der Waals surface area contributed by atoms with Crippen LogP contribution in [0.25, 0.3) is 11.1 Å². The fourth-order valence-electron chi connectivity index (χ4n) is 2.91. The number of nitrogens with zero attached hydrogens (tertiary/aromatic N) is 2. The van der Waals surface area contributed by atoms with E-state index in [4.69, 9.17) is 0 Å². The quantitative estimate of drug-likeness (QED) is 0.871. The molecule has 0 unspecified atom stereocenters. The summed E-state index contributed by atoms with van der Waals surface area (Å²) in [6.07, 6.45) is 4.75. The van der Waals surface area contributed by atoms with Gasteiger partial charge in [-0.1, -0.05) is 43.2 Å². The van der Waals surface area contributed by atoms with E-state index in [9.17, 15) is 13.7 Å². The Bertz CT molecular complexity index is 817. The Labute approximate surface area is 130 Å². The highest BCUT2D eigenvalue weighted by Gasteiger charge is 2.32.